The van der Waals surface area contributed by atoms with E-state index in [0.717, 1.165) is 18.8 Å². The molecule has 0 atom stereocenters. The van der Waals surface area contributed by atoms with E-state index in [0.29, 0.717) is 0 Å². The molecule has 2 aliphatic carbocycles. The Hall–Kier alpha value is -0.140. The predicted molar refractivity (Wildman–Crippen MR) is 60.2 cm³/mol. The molecule has 0 amide bonds. The van der Waals surface area contributed by atoms with Gasteiger partial charge in [0.1, 0.15) is 0 Å². The van der Waals surface area contributed by atoms with Crippen LogP contribution in [-0.2, 0) is 0 Å². The molecule has 90 valence electrons. The maximum Gasteiger partial charge on any atom is 0.249 e. The van der Waals surface area contributed by atoms with E-state index in [4.69, 9.17) is 0 Å². The van der Waals surface area contributed by atoms with Crippen molar-refractivity contribution >= 4 is 0 Å². The number of rotatable bonds is 1. The first-order valence-corrected chi connectivity index (χ1v) is 6.43. The Labute approximate surface area is 92.4 Å². The van der Waals surface area contributed by atoms with Crippen molar-refractivity contribution in [2.75, 3.05) is 0 Å². The van der Waals surface area contributed by atoms with Crippen molar-refractivity contribution in [2.24, 2.45) is 11.3 Å². The summed E-state index contributed by atoms with van der Waals surface area (Å²) in [7, 11) is 0. The standard InChI is InChI=1S/C11H18F2.C2H6/c1-2-9-3-5-10(6-4-9)7-11(12,13)8-10;1-2/h9H,2-8H2,1H3;1-2H3. The summed E-state index contributed by atoms with van der Waals surface area (Å²) in [4.78, 5) is 0. The van der Waals surface area contributed by atoms with Crippen molar-refractivity contribution in [1.29, 1.82) is 0 Å². The molecule has 0 aromatic heterocycles. The van der Waals surface area contributed by atoms with Gasteiger partial charge >= 0.3 is 0 Å². The summed E-state index contributed by atoms with van der Waals surface area (Å²) >= 11 is 0. The summed E-state index contributed by atoms with van der Waals surface area (Å²) in [5.74, 6) is -1.50. The monoisotopic (exact) mass is 218 g/mol. The molecule has 2 heteroatoms. The summed E-state index contributed by atoms with van der Waals surface area (Å²) in [5, 5.41) is 0. The van der Waals surface area contributed by atoms with Gasteiger partial charge in [0.2, 0.25) is 5.92 Å². The summed E-state index contributed by atoms with van der Waals surface area (Å²) in [6.45, 7) is 6.21. The van der Waals surface area contributed by atoms with Crippen molar-refractivity contribution in [2.45, 2.75) is 71.6 Å². The molecule has 0 unspecified atom stereocenters. The van der Waals surface area contributed by atoms with Gasteiger partial charge in [-0.1, -0.05) is 27.2 Å². The summed E-state index contributed by atoms with van der Waals surface area (Å²) in [5.41, 5.74) is 0.0647. The van der Waals surface area contributed by atoms with Crippen LogP contribution < -0.4 is 0 Å². The van der Waals surface area contributed by atoms with Gasteiger partial charge in [0.25, 0.3) is 0 Å². The zero-order valence-corrected chi connectivity index (χ0v) is 10.3. The van der Waals surface area contributed by atoms with Gasteiger partial charge in [-0.3, -0.25) is 0 Å². The first kappa shape index (κ1) is 12.9. The van der Waals surface area contributed by atoms with Gasteiger partial charge in [0.15, 0.2) is 0 Å². The lowest BCUT2D eigenvalue weighted by molar-refractivity contribution is -0.176. The molecule has 0 radical (unpaired) electrons. The van der Waals surface area contributed by atoms with E-state index in [1.807, 2.05) is 13.8 Å². The average Bonchev–Trinajstić information content (AvgIpc) is 2.19. The molecule has 0 aromatic carbocycles. The topological polar surface area (TPSA) is 0 Å². The molecule has 2 rings (SSSR count). The summed E-state index contributed by atoms with van der Waals surface area (Å²) in [6, 6.07) is 0. The van der Waals surface area contributed by atoms with Crippen molar-refractivity contribution < 1.29 is 8.78 Å². The smallest absolute Gasteiger partial charge is 0.207 e. The first-order valence-electron chi connectivity index (χ1n) is 6.43. The fourth-order valence-electron chi connectivity index (χ4n) is 3.10. The van der Waals surface area contributed by atoms with E-state index >= 15 is 0 Å². The lowest BCUT2D eigenvalue weighted by atomic mass is 9.57. The second-order valence-corrected chi connectivity index (χ2v) is 5.06. The maximum absolute atomic E-state index is 12.7. The first-order chi connectivity index (χ1) is 7.05. The Morgan fingerprint density at radius 1 is 1.07 bits per heavy atom. The molecular formula is C13H24F2. The van der Waals surface area contributed by atoms with Crippen molar-refractivity contribution in [1.82, 2.24) is 0 Å². The minimum absolute atomic E-state index is 0.0647. The SMILES string of the molecule is CC.CCC1CCC2(CC1)CC(F)(F)C2. The number of halogens is 2. The number of hydrogen-bond donors (Lipinski definition) is 0. The zero-order valence-electron chi connectivity index (χ0n) is 10.3. The normalized spacial score (nSPS) is 27.8. The highest BCUT2D eigenvalue weighted by Crippen LogP contribution is 2.59. The average molecular weight is 218 g/mol. The molecule has 0 heterocycles. The van der Waals surface area contributed by atoms with Crippen LogP contribution in [0, 0.1) is 11.3 Å². The Kier molecular flexibility index (Phi) is 4.13. The van der Waals surface area contributed by atoms with E-state index in [1.165, 1.54) is 19.3 Å². The minimum atomic E-state index is -2.32. The van der Waals surface area contributed by atoms with E-state index in [9.17, 15) is 8.78 Å². The van der Waals surface area contributed by atoms with Crippen LogP contribution in [0.3, 0.4) is 0 Å². The summed E-state index contributed by atoms with van der Waals surface area (Å²) < 4.78 is 25.5. The third-order valence-electron chi connectivity index (χ3n) is 4.01. The molecule has 15 heavy (non-hydrogen) atoms. The lowest BCUT2D eigenvalue weighted by Crippen LogP contribution is -2.47. The lowest BCUT2D eigenvalue weighted by Gasteiger charge is -2.51. The number of hydrogen-bond acceptors (Lipinski definition) is 0. The second kappa shape index (κ2) is 4.80. The van der Waals surface area contributed by atoms with Gasteiger partial charge in [-0.25, -0.2) is 8.78 Å². The summed E-state index contributed by atoms with van der Waals surface area (Å²) in [6.07, 6.45) is 6.07. The van der Waals surface area contributed by atoms with E-state index < -0.39 is 5.92 Å². The van der Waals surface area contributed by atoms with Gasteiger partial charge in [0, 0.05) is 12.8 Å². The largest absolute Gasteiger partial charge is 0.249 e. The minimum Gasteiger partial charge on any atom is -0.207 e. The molecule has 0 bridgehead atoms. The highest BCUT2D eigenvalue weighted by molar-refractivity contribution is 5.00. The van der Waals surface area contributed by atoms with E-state index in [1.54, 1.807) is 0 Å². The van der Waals surface area contributed by atoms with Gasteiger partial charge in [0.05, 0.1) is 0 Å². The quantitative estimate of drug-likeness (QED) is 0.579. The van der Waals surface area contributed by atoms with E-state index in [2.05, 4.69) is 6.92 Å². The Bertz CT molecular complexity index is 181. The van der Waals surface area contributed by atoms with Gasteiger partial charge < -0.3 is 0 Å². The molecule has 2 saturated carbocycles. The Balaban J connectivity index is 0.000000531. The molecule has 0 N–H and O–H groups in total. The maximum atomic E-state index is 12.7. The third kappa shape index (κ3) is 2.92. The predicted octanol–water partition coefficient (Wildman–Crippen LogP) is 5.03. The van der Waals surface area contributed by atoms with Crippen LogP contribution in [0.5, 0.6) is 0 Å². The highest BCUT2D eigenvalue weighted by atomic mass is 19.3. The molecule has 0 aromatic rings. The van der Waals surface area contributed by atoms with Gasteiger partial charge in [-0.15, -0.1) is 0 Å². The number of alkyl halides is 2. The fraction of sp³-hybridized carbons (Fsp3) is 1.00. The zero-order chi connectivity index (χ0) is 11.5. The van der Waals surface area contributed by atoms with Crippen LogP contribution in [0.2, 0.25) is 0 Å². The van der Waals surface area contributed by atoms with E-state index in [-0.39, 0.29) is 18.3 Å². The second-order valence-electron chi connectivity index (χ2n) is 5.06. The van der Waals surface area contributed by atoms with Crippen molar-refractivity contribution in [3.05, 3.63) is 0 Å². The van der Waals surface area contributed by atoms with Crippen LogP contribution in [0.1, 0.15) is 65.7 Å². The molecule has 0 nitrogen and oxygen atoms in total. The van der Waals surface area contributed by atoms with Crippen molar-refractivity contribution in [3.63, 3.8) is 0 Å². The third-order valence-corrected chi connectivity index (χ3v) is 4.01. The van der Waals surface area contributed by atoms with Crippen LogP contribution in [0.4, 0.5) is 8.78 Å². The fourth-order valence-corrected chi connectivity index (χ4v) is 3.10. The Morgan fingerprint density at radius 2 is 1.53 bits per heavy atom. The molecular weight excluding hydrogens is 194 g/mol. The van der Waals surface area contributed by atoms with Gasteiger partial charge in [-0.05, 0) is 37.0 Å². The molecule has 2 fully saturated rings. The Morgan fingerprint density at radius 3 is 1.87 bits per heavy atom. The molecule has 0 saturated heterocycles. The van der Waals surface area contributed by atoms with Crippen LogP contribution in [0.25, 0.3) is 0 Å². The van der Waals surface area contributed by atoms with Crippen LogP contribution >= 0.6 is 0 Å². The van der Waals surface area contributed by atoms with Crippen LogP contribution in [0.15, 0.2) is 0 Å². The molecule has 2 aliphatic rings. The molecule has 0 aliphatic heterocycles. The van der Waals surface area contributed by atoms with Gasteiger partial charge in [-0.2, -0.15) is 0 Å². The highest BCUT2D eigenvalue weighted by Gasteiger charge is 2.56. The van der Waals surface area contributed by atoms with Crippen molar-refractivity contribution in [3.8, 4) is 0 Å². The van der Waals surface area contributed by atoms with Crippen LogP contribution in [-0.4, -0.2) is 5.92 Å². The molecule has 1 spiro atoms.